The molecule has 0 unspecified atom stereocenters. The molecule has 0 spiro atoms. The van der Waals surface area contributed by atoms with Gasteiger partial charge in [-0.2, -0.15) is 10.2 Å². The molecule has 1 aromatic carbocycles. The van der Waals surface area contributed by atoms with Crippen molar-refractivity contribution in [1.29, 1.82) is 5.26 Å². The molecule has 0 atom stereocenters. The predicted octanol–water partition coefficient (Wildman–Crippen LogP) is 2.80. The topological polar surface area (TPSA) is 76.6 Å². The van der Waals surface area contributed by atoms with Crippen molar-refractivity contribution in [3.8, 4) is 23.1 Å². The van der Waals surface area contributed by atoms with Crippen molar-refractivity contribution in [2.75, 3.05) is 0 Å². The maximum absolute atomic E-state index is 12.2. The molecule has 2 heterocycles. The van der Waals surface area contributed by atoms with Crippen LogP contribution in [0.1, 0.15) is 5.82 Å². The summed E-state index contributed by atoms with van der Waals surface area (Å²) in [5.41, 5.74) is 1.78. The number of aromatic nitrogens is 4. The number of nitriles is 1. The Hall–Kier alpha value is -3.15. The molecule has 0 bridgehead atoms. The Morgan fingerprint density at radius 3 is 2.48 bits per heavy atom. The van der Waals surface area contributed by atoms with E-state index in [1.807, 2.05) is 6.07 Å². The lowest BCUT2D eigenvalue weighted by atomic mass is 10.1. The number of benzene rings is 1. The van der Waals surface area contributed by atoms with Crippen molar-refractivity contribution in [2.45, 2.75) is 6.36 Å². The van der Waals surface area contributed by atoms with Gasteiger partial charge in [0.05, 0.1) is 6.33 Å². The second kappa shape index (κ2) is 5.24. The zero-order chi connectivity index (χ0) is 16.6. The van der Waals surface area contributed by atoms with Gasteiger partial charge in [-0.05, 0) is 24.3 Å². The highest BCUT2D eigenvalue weighted by Crippen LogP contribution is 2.28. The number of rotatable bonds is 2. The van der Waals surface area contributed by atoms with Crippen LogP contribution in [0, 0.1) is 11.3 Å². The van der Waals surface area contributed by atoms with Gasteiger partial charge in [-0.3, -0.25) is 0 Å². The van der Waals surface area contributed by atoms with Crippen LogP contribution in [0.5, 0.6) is 5.75 Å². The van der Waals surface area contributed by atoms with Crippen molar-refractivity contribution in [3.63, 3.8) is 0 Å². The minimum atomic E-state index is -4.75. The van der Waals surface area contributed by atoms with Gasteiger partial charge < -0.3 is 9.30 Å². The van der Waals surface area contributed by atoms with Gasteiger partial charge in [0.1, 0.15) is 23.0 Å². The molecule has 9 heteroatoms. The number of halogens is 3. The number of nitrogens with zero attached hydrogens (tertiary/aromatic N) is 5. The highest BCUT2D eigenvalue weighted by Gasteiger charge is 2.31. The Morgan fingerprint density at radius 2 is 1.87 bits per heavy atom. The lowest BCUT2D eigenvalue weighted by Gasteiger charge is -2.09. The Labute approximate surface area is 127 Å². The fraction of sp³-hybridized carbons (Fsp3) is 0.143. The molecule has 0 saturated heterocycles. The van der Waals surface area contributed by atoms with E-state index >= 15 is 0 Å². The number of hydrogen-bond donors (Lipinski definition) is 0. The molecule has 0 radical (unpaired) electrons. The minimum Gasteiger partial charge on any atom is -0.406 e. The van der Waals surface area contributed by atoms with Gasteiger partial charge in [-0.25, -0.2) is 9.97 Å². The molecule has 0 saturated carbocycles. The molecule has 0 N–H and O–H groups in total. The van der Waals surface area contributed by atoms with Crippen LogP contribution in [0.4, 0.5) is 13.2 Å². The summed E-state index contributed by atoms with van der Waals surface area (Å²) < 4.78 is 42.0. The first-order valence-electron chi connectivity index (χ1n) is 6.33. The zero-order valence-electron chi connectivity index (χ0n) is 11.7. The quantitative estimate of drug-likeness (QED) is 0.726. The van der Waals surface area contributed by atoms with E-state index in [0.29, 0.717) is 22.4 Å². The summed E-state index contributed by atoms with van der Waals surface area (Å²) in [5.74, 6) is -0.389. The van der Waals surface area contributed by atoms with Gasteiger partial charge >= 0.3 is 6.36 Å². The van der Waals surface area contributed by atoms with Crippen LogP contribution in [-0.4, -0.2) is 25.9 Å². The molecule has 0 aliphatic carbocycles. The van der Waals surface area contributed by atoms with Gasteiger partial charge in [0.2, 0.25) is 5.82 Å². The third-order valence-electron chi connectivity index (χ3n) is 3.02. The van der Waals surface area contributed by atoms with E-state index in [1.165, 1.54) is 30.6 Å². The largest absolute Gasteiger partial charge is 0.573 e. The van der Waals surface area contributed by atoms with Crippen molar-refractivity contribution >= 4 is 11.2 Å². The molecule has 23 heavy (non-hydrogen) atoms. The standard InChI is InChI=1S/C14H8F3N5O/c1-22-7-19-12-11(20-10(6-18)21-13(12)22)8-2-4-9(5-3-8)23-14(15,16)17/h2-5,7H,1H3. The smallest absolute Gasteiger partial charge is 0.406 e. The van der Waals surface area contributed by atoms with Crippen LogP contribution >= 0.6 is 0 Å². The first kappa shape index (κ1) is 14.8. The molecule has 0 amide bonds. The van der Waals surface area contributed by atoms with E-state index < -0.39 is 6.36 Å². The Kier molecular flexibility index (Phi) is 3.37. The molecule has 0 aliphatic rings. The highest BCUT2D eigenvalue weighted by atomic mass is 19.4. The molecule has 3 aromatic rings. The Morgan fingerprint density at radius 1 is 1.17 bits per heavy atom. The maximum Gasteiger partial charge on any atom is 0.573 e. The first-order chi connectivity index (χ1) is 10.9. The van der Waals surface area contributed by atoms with Crippen LogP contribution in [0.25, 0.3) is 22.4 Å². The molecule has 3 rings (SSSR count). The Balaban J connectivity index is 2.08. The van der Waals surface area contributed by atoms with Crippen molar-refractivity contribution < 1.29 is 17.9 Å². The number of fused-ring (bicyclic) bond motifs is 1. The van der Waals surface area contributed by atoms with Crippen molar-refractivity contribution in [2.24, 2.45) is 7.05 Å². The number of hydrogen-bond acceptors (Lipinski definition) is 5. The summed E-state index contributed by atoms with van der Waals surface area (Å²) in [7, 11) is 1.72. The summed E-state index contributed by atoms with van der Waals surface area (Å²) in [5, 5.41) is 9.02. The summed E-state index contributed by atoms with van der Waals surface area (Å²) in [6.07, 6.45) is -3.23. The monoisotopic (exact) mass is 319 g/mol. The van der Waals surface area contributed by atoms with Gasteiger partial charge in [-0.1, -0.05) is 0 Å². The number of imidazole rings is 1. The average Bonchev–Trinajstić information content (AvgIpc) is 2.87. The number of aryl methyl sites for hydroxylation is 1. The van der Waals surface area contributed by atoms with E-state index in [4.69, 9.17) is 5.26 Å². The van der Waals surface area contributed by atoms with Gasteiger partial charge in [-0.15, -0.1) is 13.2 Å². The fourth-order valence-electron chi connectivity index (χ4n) is 2.07. The number of ether oxygens (including phenoxy) is 1. The third kappa shape index (κ3) is 2.91. The SMILES string of the molecule is Cn1cnc2c(-c3ccc(OC(F)(F)F)cc3)nc(C#N)nc21. The molecular formula is C14H8F3N5O. The highest BCUT2D eigenvalue weighted by molar-refractivity contribution is 5.87. The van der Waals surface area contributed by atoms with Crippen molar-refractivity contribution in [3.05, 3.63) is 36.4 Å². The first-order valence-corrected chi connectivity index (χ1v) is 6.33. The normalized spacial score (nSPS) is 11.4. The van der Waals surface area contributed by atoms with Crippen LogP contribution in [0.2, 0.25) is 0 Å². The molecule has 6 nitrogen and oxygen atoms in total. The molecular weight excluding hydrogens is 311 g/mol. The zero-order valence-corrected chi connectivity index (χ0v) is 11.7. The van der Waals surface area contributed by atoms with Crippen molar-refractivity contribution in [1.82, 2.24) is 19.5 Å². The van der Waals surface area contributed by atoms with Crippen LogP contribution in [-0.2, 0) is 7.05 Å². The summed E-state index contributed by atoms with van der Waals surface area (Å²) in [6, 6.07) is 7.03. The second-order valence-electron chi connectivity index (χ2n) is 4.61. The molecule has 0 aliphatic heterocycles. The lowest BCUT2D eigenvalue weighted by molar-refractivity contribution is -0.274. The van der Waals surface area contributed by atoms with Crippen LogP contribution in [0.3, 0.4) is 0 Å². The van der Waals surface area contributed by atoms with E-state index in [-0.39, 0.29) is 11.6 Å². The Bertz CT molecular complexity index is 909. The van der Waals surface area contributed by atoms with Gasteiger partial charge in [0, 0.05) is 12.6 Å². The minimum absolute atomic E-state index is 0.0493. The maximum atomic E-state index is 12.2. The predicted molar refractivity (Wildman–Crippen MR) is 73.1 cm³/mol. The third-order valence-corrected chi connectivity index (χ3v) is 3.02. The van der Waals surface area contributed by atoms with E-state index in [0.717, 1.165) is 0 Å². The van der Waals surface area contributed by atoms with E-state index in [2.05, 4.69) is 19.7 Å². The lowest BCUT2D eigenvalue weighted by Crippen LogP contribution is -2.16. The van der Waals surface area contributed by atoms with Gasteiger partial charge in [0.15, 0.2) is 5.65 Å². The molecule has 0 fully saturated rings. The summed E-state index contributed by atoms with van der Waals surface area (Å²) >= 11 is 0. The summed E-state index contributed by atoms with van der Waals surface area (Å²) in [4.78, 5) is 12.3. The van der Waals surface area contributed by atoms with E-state index in [9.17, 15) is 13.2 Å². The molecule has 116 valence electrons. The molecule has 2 aromatic heterocycles. The number of alkyl halides is 3. The second-order valence-corrected chi connectivity index (χ2v) is 4.61. The average molecular weight is 319 g/mol. The van der Waals surface area contributed by atoms with E-state index in [1.54, 1.807) is 11.6 Å². The fourth-order valence-corrected chi connectivity index (χ4v) is 2.07. The van der Waals surface area contributed by atoms with Crippen LogP contribution in [0.15, 0.2) is 30.6 Å². The summed E-state index contributed by atoms with van der Waals surface area (Å²) in [6.45, 7) is 0. The van der Waals surface area contributed by atoms with Gasteiger partial charge in [0.25, 0.3) is 0 Å². The van der Waals surface area contributed by atoms with Crippen LogP contribution < -0.4 is 4.74 Å².